The van der Waals surface area contributed by atoms with Crippen molar-refractivity contribution in [3.63, 3.8) is 0 Å². The van der Waals surface area contributed by atoms with Crippen molar-refractivity contribution >= 4 is 49.2 Å². The van der Waals surface area contributed by atoms with Crippen molar-refractivity contribution in [1.29, 1.82) is 0 Å². The molecule has 0 spiro atoms. The second-order valence-corrected chi connectivity index (χ2v) is 5.64. The molecule has 2 rings (SSSR count). The Balaban J connectivity index is 2.37. The van der Waals surface area contributed by atoms with Gasteiger partial charge >= 0.3 is 0 Å². The molecule has 0 saturated carbocycles. The van der Waals surface area contributed by atoms with Crippen LogP contribution in [0.25, 0.3) is 0 Å². The third-order valence-electron chi connectivity index (χ3n) is 2.54. The van der Waals surface area contributed by atoms with E-state index in [0.717, 1.165) is 15.4 Å². The first-order valence-electron chi connectivity index (χ1n) is 5.26. The summed E-state index contributed by atoms with van der Waals surface area (Å²) in [7, 11) is 0. The van der Waals surface area contributed by atoms with Crippen LogP contribution in [0.4, 0.5) is 0 Å². The Morgan fingerprint density at radius 1 is 1.11 bits per heavy atom. The third kappa shape index (κ3) is 3.02. The third-order valence-corrected chi connectivity index (χ3v) is 4.09. The van der Waals surface area contributed by atoms with Crippen molar-refractivity contribution in [3.05, 3.63) is 68.7 Å². The van der Waals surface area contributed by atoms with Gasteiger partial charge in [-0.3, -0.25) is 4.79 Å². The first kappa shape index (κ1) is 13.8. The van der Waals surface area contributed by atoms with E-state index in [1.54, 1.807) is 24.3 Å². The Bertz CT molecular complexity index is 579. The van der Waals surface area contributed by atoms with Crippen molar-refractivity contribution in [1.82, 2.24) is 0 Å². The first-order valence-corrected chi connectivity index (χ1v) is 7.55. The zero-order valence-electron chi connectivity index (χ0n) is 9.29. The molecule has 0 aliphatic rings. The van der Waals surface area contributed by atoms with E-state index in [2.05, 4.69) is 31.9 Å². The molecule has 0 saturated heterocycles. The molecular formula is C14H9Br2ClO. The molecule has 0 amide bonds. The zero-order valence-corrected chi connectivity index (χ0v) is 13.2. The SMILES string of the molecule is O=C(c1ccc(Cl)cc1)c1ccc(CBr)cc1Br. The van der Waals surface area contributed by atoms with Gasteiger partial charge in [0.15, 0.2) is 5.78 Å². The Kier molecular flexibility index (Phi) is 4.60. The van der Waals surface area contributed by atoms with Crippen LogP contribution in [0.2, 0.25) is 5.02 Å². The van der Waals surface area contributed by atoms with E-state index < -0.39 is 0 Å². The van der Waals surface area contributed by atoms with Gasteiger partial charge in [-0.15, -0.1) is 0 Å². The van der Waals surface area contributed by atoms with Gasteiger partial charge in [-0.2, -0.15) is 0 Å². The summed E-state index contributed by atoms with van der Waals surface area (Å²) in [5, 5.41) is 1.39. The van der Waals surface area contributed by atoms with E-state index in [1.165, 1.54) is 0 Å². The number of rotatable bonds is 3. The maximum atomic E-state index is 12.3. The predicted molar refractivity (Wildman–Crippen MR) is 81.7 cm³/mol. The second kappa shape index (κ2) is 6.00. The Morgan fingerprint density at radius 3 is 2.33 bits per heavy atom. The summed E-state index contributed by atoms with van der Waals surface area (Å²) in [6.45, 7) is 0. The quantitative estimate of drug-likeness (QED) is 0.520. The second-order valence-electron chi connectivity index (χ2n) is 3.78. The number of benzene rings is 2. The Morgan fingerprint density at radius 2 is 1.78 bits per heavy atom. The fourth-order valence-corrected chi connectivity index (χ4v) is 2.66. The molecule has 0 aliphatic carbocycles. The summed E-state index contributed by atoms with van der Waals surface area (Å²) in [5.74, 6) is -0.0142. The molecular weight excluding hydrogens is 379 g/mol. The van der Waals surface area contributed by atoms with E-state index >= 15 is 0 Å². The van der Waals surface area contributed by atoms with Gasteiger partial charge in [0.2, 0.25) is 0 Å². The molecule has 92 valence electrons. The largest absolute Gasteiger partial charge is 0.289 e. The molecule has 1 nitrogen and oxygen atoms in total. The van der Waals surface area contributed by atoms with Crippen molar-refractivity contribution in [2.45, 2.75) is 5.33 Å². The van der Waals surface area contributed by atoms with Crippen LogP contribution in [0.1, 0.15) is 21.5 Å². The van der Waals surface area contributed by atoms with Crippen molar-refractivity contribution in [2.24, 2.45) is 0 Å². The number of hydrogen-bond donors (Lipinski definition) is 0. The van der Waals surface area contributed by atoms with Gasteiger partial charge in [0, 0.05) is 26.0 Å². The molecule has 0 aliphatic heterocycles. The average Bonchev–Trinajstić information content (AvgIpc) is 2.38. The lowest BCUT2D eigenvalue weighted by atomic mass is 10.0. The van der Waals surface area contributed by atoms with E-state index in [4.69, 9.17) is 11.6 Å². The van der Waals surface area contributed by atoms with Crippen molar-refractivity contribution in [3.8, 4) is 0 Å². The van der Waals surface area contributed by atoms with Crippen LogP contribution >= 0.6 is 43.5 Å². The minimum Gasteiger partial charge on any atom is -0.289 e. The van der Waals surface area contributed by atoms with Gasteiger partial charge in [-0.05, 0) is 42.0 Å². The van der Waals surface area contributed by atoms with Crippen LogP contribution < -0.4 is 0 Å². The normalized spacial score (nSPS) is 10.4. The van der Waals surface area contributed by atoms with Crippen LogP contribution in [-0.4, -0.2) is 5.78 Å². The summed E-state index contributed by atoms with van der Waals surface area (Å²) < 4.78 is 0.805. The van der Waals surface area contributed by atoms with Crippen LogP contribution in [-0.2, 0) is 5.33 Å². The molecule has 0 atom stereocenters. The molecule has 2 aromatic carbocycles. The topological polar surface area (TPSA) is 17.1 Å². The number of halogens is 3. The average molecular weight is 388 g/mol. The number of ketones is 1. The molecule has 0 bridgehead atoms. The highest BCUT2D eigenvalue weighted by molar-refractivity contribution is 9.10. The monoisotopic (exact) mass is 386 g/mol. The van der Waals surface area contributed by atoms with Crippen LogP contribution in [0.15, 0.2) is 46.9 Å². The molecule has 0 aromatic heterocycles. The molecule has 0 N–H and O–H groups in total. The number of hydrogen-bond acceptors (Lipinski definition) is 1. The molecule has 0 fully saturated rings. The number of carbonyl (C=O) groups is 1. The number of alkyl halides is 1. The highest BCUT2D eigenvalue weighted by Gasteiger charge is 2.12. The minimum absolute atomic E-state index is 0.0142. The van der Waals surface area contributed by atoms with Gasteiger partial charge in [0.1, 0.15) is 0 Å². The summed E-state index contributed by atoms with van der Waals surface area (Å²) in [6, 6.07) is 12.6. The first-order chi connectivity index (χ1) is 8.61. The van der Waals surface area contributed by atoms with Gasteiger partial charge in [-0.1, -0.05) is 49.5 Å². The van der Waals surface area contributed by atoms with E-state index in [-0.39, 0.29) is 5.78 Å². The van der Waals surface area contributed by atoms with E-state index in [1.807, 2.05) is 18.2 Å². The minimum atomic E-state index is -0.0142. The lowest BCUT2D eigenvalue weighted by molar-refractivity contribution is 0.103. The molecule has 2 aromatic rings. The van der Waals surface area contributed by atoms with Crippen molar-refractivity contribution < 1.29 is 4.79 Å². The fourth-order valence-electron chi connectivity index (χ4n) is 1.58. The lowest BCUT2D eigenvalue weighted by Crippen LogP contribution is -2.02. The van der Waals surface area contributed by atoms with Gasteiger partial charge in [-0.25, -0.2) is 0 Å². The lowest BCUT2D eigenvalue weighted by Gasteiger charge is -2.05. The molecule has 18 heavy (non-hydrogen) atoms. The fraction of sp³-hybridized carbons (Fsp3) is 0.0714. The summed E-state index contributed by atoms with van der Waals surface area (Å²) >= 11 is 12.6. The highest BCUT2D eigenvalue weighted by Crippen LogP contribution is 2.23. The Hall–Kier alpha value is -0.640. The molecule has 4 heteroatoms. The standard InChI is InChI=1S/C14H9Br2ClO/c15-8-9-1-6-12(13(16)7-9)14(18)10-2-4-11(17)5-3-10/h1-7H,8H2. The summed E-state index contributed by atoms with van der Waals surface area (Å²) in [6.07, 6.45) is 0. The van der Waals surface area contributed by atoms with Gasteiger partial charge < -0.3 is 0 Å². The summed E-state index contributed by atoms with van der Waals surface area (Å²) in [4.78, 5) is 12.3. The Labute approximate surface area is 127 Å². The van der Waals surface area contributed by atoms with Crippen molar-refractivity contribution in [2.75, 3.05) is 0 Å². The maximum Gasteiger partial charge on any atom is 0.194 e. The van der Waals surface area contributed by atoms with Gasteiger partial charge in [0.25, 0.3) is 0 Å². The van der Waals surface area contributed by atoms with E-state index in [9.17, 15) is 4.79 Å². The number of carbonyl (C=O) groups excluding carboxylic acids is 1. The molecule has 0 unspecified atom stereocenters. The highest BCUT2D eigenvalue weighted by atomic mass is 79.9. The molecule has 0 radical (unpaired) electrons. The summed E-state index contributed by atoms with van der Waals surface area (Å²) in [5.41, 5.74) is 2.41. The molecule has 0 heterocycles. The van der Waals surface area contributed by atoms with Crippen LogP contribution in [0.5, 0.6) is 0 Å². The smallest absolute Gasteiger partial charge is 0.194 e. The van der Waals surface area contributed by atoms with Crippen LogP contribution in [0.3, 0.4) is 0 Å². The predicted octanol–water partition coefficient (Wildman–Crippen LogP) is 5.23. The maximum absolute atomic E-state index is 12.3. The van der Waals surface area contributed by atoms with E-state index in [0.29, 0.717) is 16.1 Å². The zero-order chi connectivity index (χ0) is 13.1. The van der Waals surface area contributed by atoms with Gasteiger partial charge in [0.05, 0.1) is 0 Å². The van der Waals surface area contributed by atoms with Crippen LogP contribution in [0, 0.1) is 0 Å².